The topological polar surface area (TPSA) is 101 Å². The number of ether oxygens (including phenoxy) is 1. The van der Waals surface area contributed by atoms with E-state index in [1.165, 1.54) is 6.07 Å². The van der Waals surface area contributed by atoms with Crippen LogP contribution < -0.4 is 26.1 Å². The van der Waals surface area contributed by atoms with Crippen molar-refractivity contribution in [2.45, 2.75) is 13.8 Å². The van der Waals surface area contributed by atoms with E-state index in [9.17, 15) is 14.4 Å². The van der Waals surface area contributed by atoms with Gasteiger partial charge in [-0.1, -0.05) is 0 Å². The van der Waals surface area contributed by atoms with Gasteiger partial charge in [-0.3, -0.25) is 10.2 Å². The van der Waals surface area contributed by atoms with Crippen LogP contribution in [0.4, 0.5) is 10.5 Å². The number of anilines is 1. The fourth-order valence-electron chi connectivity index (χ4n) is 2.15. The number of nitrogens with one attached hydrogen (secondary N) is 2. The molecule has 8 heteroatoms. The lowest BCUT2D eigenvalue weighted by Gasteiger charge is -2.20. The molecule has 2 aromatic rings. The predicted octanol–water partition coefficient (Wildman–Crippen LogP) is 1.39. The van der Waals surface area contributed by atoms with Crippen molar-refractivity contribution in [3.63, 3.8) is 0 Å². The minimum absolute atomic E-state index is 0.263. The van der Waals surface area contributed by atoms with Crippen LogP contribution in [0.25, 0.3) is 11.0 Å². The third kappa shape index (κ3) is 3.79. The Balaban J connectivity index is 2.32. The van der Waals surface area contributed by atoms with Gasteiger partial charge in [0.05, 0.1) is 0 Å². The number of hydrogen-bond acceptors (Lipinski definition) is 6. The van der Waals surface area contributed by atoms with Crippen LogP contribution in [0.5, 0.6) is 5.75 Å². The highest BCUT2D eigenvalue weighted by molar-refractivity contribution is 5.82. The van der Waals surface area contributed by atoms with E-state index in [0.717, 1.165) is 18.8 Å². The van der Waals surface area contributed by atoms with Crippen molar-refractivity contribution in [2.75, 3.05) is 18.0 Å². The molecule has 23 heavy (non-hydrogen) atoms. The minimum atomic E-state index is -0.997. The van der Waals surface area contributed by atoms with Crippen LogP contribution in [-0.2, 0) is 4.79 Å². The van der Waals surface area contributed by atoms with E-state index in [0.29, 0.717) is 11.0 Å². The van der Waals surface area contributed by atoms with Gasteiger partial charge in [0.2, 0.25) is 12.2 Å². The fourth-order valence-corrected chi connectivity index (χ4v) is 2.15. The second-order valence-corrected chi connectivity index (χ2v) is 4.57. The normalized spacial score (nSPS) is 10.2. The van der Waals surface area contributed by atoms with Gasteiger partial charge in [0.15, 0.2) is 0 Å². The van der Waals surface area contributed by atoms with E-state index in [-0.39, 0.29) is 12.2 Å². The average molecular weight is 319 g/mol. The molecule has 0 aliphatic carbocycles. The van der Waals surface area contributed by atoms with E-state index < -0.39 is 11.7 Å². The zero-order valence-electron chi connectivity index (χ0n) is 12.8. The van der Waals surface area contributed by atoms with Crippen LogP contribution in [0.15, 0.2) is 33.5 Å². The number of fused-ring (bicyclic) bond motifs is 1. The lowest BCUT2D eigenvalue weighted by atomic mass is 10.2. The summed E-state index contributed by atoms with van der Waals surface area (Å²) >= 11 is 0. The molecule has 0 saturated carbocycles. The summed E-state index contributed by atoms with van der Waals surface area (Å²) in [6, 6.07) is 6.85. The summed E-state index contributed by atoms with van der Waals surface area (Å²) in [6.07, 6.45) is -0.734. The van der Waals surface area contributed by atoms with Gasteiger partial charge in [0.25, 0.3) is 0 Å². The number of carbonyl (C=O) groups is 2. The van der Waals surface area contributed by atoms with E-state index in [4.69, 9.17) is 9.15 Å². The van der Waals surface area contributed by atoms with Gasteiger partial charge in [-0.25, -0.2) is 15.0 Å². The van der Waals surface area contributed by atoms with Crippen LogP contribution >= 0.6 is 0 Å². The molecule has 0 radical (unpaired) electrons. The highest BCUT2D eigenvalue weighted by atomic mass is 16.6. The predicted molar refractivity (Wildman–Crippen MR) is 84.4 cm³/mol. The average Bonchev–Trinajstić information content (AvgIpc) is 2.55. The molecule has 122 valence electrons. The smallest absolute Gasteiger partial charge is 0.420 e. The van der Waals surface area contributed by atoms with Gasteiger partial charge in [-0.05, 0) is 32.0 Å². The van der Waals surface area contributed by atoms with Gasteiger partial charge < -0.3 is 14.1 Å². The Morgan fingerprint density at radius 3 is 2.70 bits per heavy atom. The van der Waals surface area contributed by atoms with Crippen LogP contribution in [0.3, 0.4) is 0 Å². The van der Waals surface area contributed by atoms with Crippen molar-refractivity contribution < 1.29 is 18.7 Å². The van der Waals surface area contributed by atoms with Crippen LogP contribution in [0.2, 0.25) is 0 Å². The Labute approximate surface area is 132 Å². The summed E-state index contributed by atoms with van der Waals surface area (Å²) in [4.78, 5) is 35.4. The Hall–Kier alpha value is -3.03. The monoisotopic (exact) mass is 319 g/mol. The molecular formula is C15H17N3O5. The van der Waals surface area contributed by atoms with Crippen molar-refractivity contribution in [1.82, 2.24) is 10.9 Å². The standard InChI is InChI=1S/C15H17N3O5/c1-3-18(4-2)11-6-5-10-7-13(14(20)22-12(10)8-11)23-15(21)17-16-9-19/h5-9H,3-4H2,1-2H3,(H,16,19)(H,17,21). The molecule has 0 aliphatic heterocycles. The van der Waals surface area contributed by atoms with Gasteiger partial charge >= 0.3 is 11.7 Å². The summed E-state index contributed by atoms with van der Waals surface area (Å²) in [5.41, 5.74) is 4.40. The van der Waals surface area contributed by atoms with E-state index >= 15 is 0 Å². The molecule has 2 amide bonds. The number of hydrogen-bond donors (Lipinski definition) is 2. The molecule has 0 spiro atoms. The number of nitrogens with zero attached hydrogens (tertiary/aromatic N) is 1. The zero-order chi connectivity index (χ0) is 16.8. The molecule has 2 rings (SSSR count). The van der Waals surface area contributed by atoms with Gasteiger partial charge in [-0.15, -0.1) is 0 Å². The van der Waals surface area contributed by atoms with Crippen molar-refractivity contribution >= 4 is 29.2 Å². The van der Waals surface area contributed by atoms with Crippen molar-refractivity contribution in [2.24, 2.45) is 0 Å². The number of carbonyl (C=O) groups excluding carboxylic acids is 2. The lowest BCUT2D eigenvalue weighted by molar-refractivity contribution is -0.110. The molecule has 0 aliphatic rings. The second kappa shape index (κ2) is 7.30. The molecule has 0 atom stereocenters. The van der Waals surface area contributed by atoms with Crippen molar-refractivity contribution in [1.29, 1.82) is 0 Å². The zero-order valence-corrected chi connectivity index (χ0v) is 12.8. The maximum absolute atomic E-state index is 11.9. The second-order valence-electron chi connectivity index (χ2n) is 4.57. The first kappa shape index (κ1) is 16.3. The summed E-state index contributed by atoms with van der Waals surface area (Å²) in [5, 5.41) is 0.617. The highest BCUT2D eigenvalue weighted by Gasteiger charge is 2.12. The molecule has 0 saturated heterocycles. The van der Waals surface area contributed by atoms with Crippen LogP contribution in [0, 0.1) is 0 Å². The van der Waals surface area contributed by atoms with E-state index in [1.54, 1.807) is 12.1 Å². The Morgan fingerprint density at radius 2 is 2.04 bits per heavy atom. The largest absolute Gasteiger partial charge is 0.431 e. The molecular weight excluding hydrogens is 302 g/mol. The maximum Gasteiger partial charge on any atom is 0.431 e. The molecule has 1 aromatic heterocycles. The summed E-state index contributed by atoms with van der Waals surface area (Å²) in [7, 11) is 0. The third-order valence-electron chi connectivity index (χ3n) is 3.25. The summed E-state index contributed by atoms with van der Waals surface area (Å²) in [6.45, 7) is 5.73. The fraction of sp³-hybridized carbons (Fsp3) is 0.267. The first-order valence-corrected chi connectivity index (χ1v) is 7.08. The molecule has 1 aromatic carbocycles. The van der Waals surface area contributed by atoms with Crippen molar-refractivity contribution in [3.8, 4) is 5.75 Å². The quantitative estimate of drug-likeness (QED) is 0.474. The van der Waals surface area contributed by atoms with Gasteiger partial charge in [-0.2, -0.15) is 0 Å². The van der Waals surface area contributed by atoms with E-state index in [1.807, 2.05) is 30.8 Å². The SMILES string of the molecule is CCN(CC)c1ccc2cc(OC(=O)NNC=O)c(=O)oc2c1. The van der Waals surface area contributed by atoms with E-state index in [2.05, 4.69) is 4.90 Å². The van der Waals surface area contributed by atoms with Gasteiger partial charge in [0, 0.05) is 30.2 Å². The highest BCUT2D eigenvalue weighted by Crippen LogP contribution is 2.23. The molecule has 0 fully saturated rings. The van der Waals surface area contributed by atoms with Crippen LogP contribution in [0.1, 0.15) is 13.8 Å². The molecule has 0 bridgehead atoms. The number of hydrazine groups is 1. The third-order valence-corrected chi connectivity index (χ3v) is 3.25. The minimum Gasteiger partial charge on any atom is -0.420 e. The first-order valence-electron chi connectivity index (χ1n) is 7.08. The molecule has 2 N–H and O–H groups in total. The number of benzene rings is 1. The molecule has 1 heterocycles. The lowest BCUT2D eigenvalue weighted by Crippen LogP contribution is -2.38. The molecule has 0 unspecified atom stereocenters. The first-order chi connectivity index (χ1) is 11.1. The maximum atomic E-state index is 11.9. The number of rotatable bonds is 6. The molecule has 8 nitrogen and oxygen atoms in total. The number of amides is 2. The Morgan fingerprint density at radius 1 is 1.30 bits per heavy atom. The Bertz CT molecular complexity index is 767. The van der Waals surface area contributed by atoms with Crippen LogP contribution in [-0.4, -0.2) is 25.6 Å². The Kier molecular flexibility index (Phi) is 5.19. The summed E-state index contributed by atoms with van der Waals surface area (Å²) < 4.78 is 9.99. The summed E-state index contributed by atoms with van der Waals surface area (Å²) in [5.74, 6) is -0.265. The van der Waals surface area contributed by atoms with Gasteiger partial charge in [0.1, 0.15) is 5.58 Å². The van der Waals surface area contributed by atoms with Crippen molar-refractivity contribution in [3.05, 3.63) is 34.7 Å².